The Morgan fingerprint density at radius 2 is 2.50 bits per heavy atom. The first kappa shape index (κ1) is 8.77. The fourth-order valence-electron chi connectivity index (χ4n) is 0.830. The van der Waals surface area contributed by atoms with E-state index < -0.39 is 5.97 Å². The van der Waals surface area contributed by atoms with Crippen molar-refractivity contribution < 1.29 is 9.90 Å². The molecule has 0 aromatic heterocycles. The van der Waals surface area contributed by atoms with Crippen LogP contribution in [-0.2, 0) is 4.79 Å². The Kier molecular flexibility index (Phi) is 2.17. The smallest absolute Gasteiger partial charge is 0.338 e. The highest BCUT2D eigenvalue weighted by Crippen LogP contribution is 2.14. The van der Waals surface area contributed by atoms with Crippen LogP contribution in [0.2, 0.25) is 0 Å². The van der Waals surface area contributed by atoms with E-state index in [4.69, 9.17) is 5.11 Å². The average molecular weight is 168 g/mol. The molecule has 0 radical (unpaired) electrons. The van der Waals surface area contributed by atoms with E-state index in [0.29, 0.717) is 0 Å². The Bertz CT molecular complexity index is 258. The van der Waals surface area contributed by atoms with Crippen molar-refractivity contribution in [2.75, 3.05) is 0 Å². The van der Waals surface area contributed by atoms with Crippen molar-refractivity contribution in [2.45, 2.75) is 25.9 Å². The lowest BCUT2D eigenvalue weighted by molar-refractivity contribution is -0.132. The van der Waals surface area contributed by atoms with Gasteiger partial charge in [0.2, 0.25) is 0 Å². The Balaban J connectivity index is 2.74. The molecule has 0 aliphatic carbocycles. The maximum Gasteiger partial charge on any atom is 0.338 e. The summed E-state index contributed by atoms with van der Waals surface area (Å²) in [5.41, 5.74) is -0.139. The highest BCUT2D eigenvalue weighted by molar-refractivity contribution is 6.08. The van der Waals surface area contributed by atoms with Crippen LogP contribution in [0.15, 0.2) is 16.8 Å². The fourth-order valence-corrected chi connectivity index (χ4v) is 0.830. The quantitative estimate of drug-likeness (QED) is 0.639. The molecular formula is C8H12N2O2. The minimum absolute atomic E-state index is 0.195. The third-order valence-electron chi connectivity index (χ3n) is 1.96. The summed E-state index contributed by atoms with van der Waals surface area (Å²) in [6, 6.07) is 0. The fraction of sp³-hybridized carbons (Fsp3) is 0.500. The lowest BCUT2D eigenvalue weighted by Crippen LogP contribution is -2.39. The molecule has 1 unspecified atom stereocenters. The first-order valence-electron chi connectivity index (χ1n) is 3.84. The molecule has 0 spiro atoms. The summed E-state index contributed by atoms with van der Waals surface area (Å²) in [5, 5.41) is 11.5. The molecule has 0 aromatic rings. The van der Waals surface area contributed by atoms with Crippen molar-refractivity contribution >= 4 is 12.2 Å². The minimum atomic E-state index is -0.954. The number of nitrogens with zero attached hydrogens (tertiary/aromatic N) is 1. The van der Waals surface area contributed by atoms with Gasteiger partial charge in [0.05, 0.1) is 5.57 Å². The predicted molar refractivity (Wildman–Crippen MR) is 46.0 cm³/mol. The van der Waals surface area contributed by atoms with Gasteiger partial charge in [0.1, 0.15) is 5.66 Å². The summed E-state index contributed by atoms with van der Waals surface area (Å²) in [5.74, 6) is -0.954. The Hall–Kier alpha value is -1.32. The van der Waals surface area contributed by atoms with Crippen LogP contribution in [0.25, 0.3) is 0 Å². The second kappa shape index (κ2) is 2.97. The van der Waals surface area contributed by atoms with Crippen molar-refractivity contribution in [3.8, 4) is 0 Å². The molecule has 1 rings (SSSR count). The van der Waals surface area contributed by atoms with Crippen molar-refractivity contribution in [1.29, 1.82) is 0 Å². The van der Waals surface area contributed by atoms with Crippen LogP contribution in [0.3, 0.4) is 0 Å². The largest absolute Gasteiger partial charge is 0.478 e. The van der Waals surface area contributed by atoms with Crippen LogP contribution in [0, 0.1) is 0 Å². The van der Waals surface area contributed by atoms with Crippen LogP contribution in [0.1, 0.15) is 20.3 Å². The molecule has 0 bridgehead atoms. The van der Waals surface area contributed by atoms with Crippen LogP contribution < -0.4 is 5.32 Å². The molecule has 1 aliphatic rings. The van der Waals surface area contributed by atoms with Crippen molar-refractivity contribution in [3.63, 3.8) is 0 Å². The molecule has 12 heavy (non-hydrogen) atoms. The maximum absolute atomic E-state index is 10.5. The summed E-state index contributed by atoms with van der Waals surface area (Å²) in [7, 11) is 0. The Morgan fingerprint density at radius 3 is 2.83 bits per heavy atom. The molecule has 2 N–H and O–H groups in total. The molecule has 0 fully saturated rings. The second-order valence-corrected chi connectivity index (χ2v) is 2.93. The normalized spacial score (nSPS) is 27.7. The molecule has 0 amide bonds. The van der Waals surface area contributed by atoms with E-state index in [1.807, 2.05) is 13.8 Å². The van der Waals surface area contributed by atoms with Gasteiger partial charge in [-0.25, -0.2) is 4.79 Å². The Labute approximate surface area is 71.0 Å². The van der Waals surface area contributed by atoms with Crippen molar-refractivity contribution in [1.82, 2.24) is 5.32 Å². The van der Waals surface area contributed by atoms with E-state index in [1.54, 1.807) is 0 Å². The molecule has 4 heteroatoms. The van der Waals surface area contributed by atoms with Crippen LogP contribution in [0.5, 0.6) is 0 Å². The van der Waals surface area contributed by atoms with Gasteiger partial charge in [0, 0.05) is 12.4 Å². The van der Waals surface area contributed by atoms with Gasteiger partial charge in [-0.2, -0.15) is 0 Å². The molecular weight excluding hydrogens is 156 g/mol. The number of hydrogen-bond donors (Lipinski definition) is 2. The van der Waals surface area contributed by atoms with Gasteiger partial charge in [0.25, 0.3) is 0 Å². The summed E-state index contributed by atoms with van der Waals surface area (Å²) < 4.78 is 0. The number of rotatable bonds is 2. The van der Waals surface area contributed by atoms with Gasteiger partial charge in [0.15, 0.2) is 0 Å². The number of carboxylic acid groups (broad SMARTS) is 1. The summed E-state index contributed by atoms with van der Waals surface area (Å²) in [4.78, 5) is 14.6. The Morgan fingerprint density at radius 1 is 1.83 bits per heavy atom. The number of aliphatic imine (C=N–C) groups is 1. The van der Waals surface area contributed by atoms with Crippen molar-refractivity contribution in [3.05, 3.63) is 11.8 Å². The lowest BCUT2D eigenvalue weighted by Gasteiger charge is -2.26. The monoisotopic (exact) mass is 168 g/mol. The van der Waals surface area contributed by atoms with Gasteiger partial charge in [-0.15, -0.1) is 0 Å². The molecule has 4 nitrogen and oxygen atoms in total. The van der Waals surface area contributed by atoms with E-state index in [2.05, 4.69) is 10.3 Å². The van der Waals surface area contributed by atoms with E-state index in [0.717, 1.165) is 6.42 Å². The maximum atomic E-state index is 10.5. The lowest BCUT2D eigenvalue weighted by atomic mass is 10.1. The number of carboxylic acids is 1. The molecule has 1 heterocycles. The zero-order valence-corrected chi connectivity index (χ0v) is 7.16. The van der Waals surface area contributed by atoms with Crippen molar-refractivity contribution in [2.24, 2.45) is 4.99 Å². The standard InChI is InChI=1S/C8H12N2O2/c1-3-8(2)9-4-6(5-10-8)7(11)12/h4-5,9H,3H2,1-2H3,(H,11,12). The molecule has 66 valence electrons. The van der Waals surface area contributed by atoms with E-state index in [9.17, 15) is 4.79 Å². The zero-order valence-electron chi connectivity index (χ0n) is 7.16. The number of aliphatic carboxylic acids is 1. The third kappa shape index (κ3) is 1.64. The number of hydrogen-bond acceptors (Lipinski definition) is 3. The molecule has 0 aromatic carbocycles. The van der Waals surface area contributed by atoms with Gasteiger partial charge in [-0.05, 0) is 13.3 Å². The van der Waals surface area contributed by atoms with Crippen LogP contribution >= 0.6 is 0 Å². The molecule has 0 saturated carbocycles. The summed E-state index contributed by atoms with van der Waals surface area (Å²) in [6.07, 6.45) is 3.70. The van der Waals surface area contributed by atoms with Gasteiger partial charge < -0.3 is 10.4 Å². The summed E-state index contributed by atoms with van der Waals surface area (Å²) >= 11 is 0. The first-order chi connectivity index (χ1) is 5.57. The third-order valence-corrected chi connectivity index (χ3v) is 1.96. The minimum Gasteiger partial charge on any atom is -0.478 e. The number of nitrogens with one attached hydrogen (secondary N) is 1. The average Bonchev–Trinajstić information content (AvgIpc) is 2.05. The topological polar surface area (TPSA) is 61.7 Å². The molecule has 1 aliphatic heterocycles. The van der Waals surface area contributed by atoms with E-state index in [1.165, 1.54) is 12.4 Å². The van der Waals surface area contributed by atoms with Gasteiger partial charge in [-0.3, -0.25) is 4.99 Å². The van der Waals surface area contributed by atoms with E-state index >= 15 is 0 Å². The van der Waals surface area contributed by atoms with Gasteiger partial charge in [-0.1, -0.05) is 6.92 Å². The molecule has 1 atom stereocenters. The van der Waals surface area contributed by atoms with Gasteiger partial charge >= 0.3 is 5.97 Å². The first-order valence-corrected chi connectivity index (χ1v) is 3.84. The zero-order chi connectivity index (χ0) is 9.19. The number of carbonyl (C=O) groups is 1. The SMILES string of the molecule is CCC1(C)N=CC(C(=O)O)=CN1. The van der Waals surface area contributed by atoms with E-state index in [-0.39, 0.29) is 11.2 Å². The summed E-state index contributed by atoms with van der Waals surface area (Å²) in [6.45, 7) is 3.91. The van der Waals surface area contributed by atoms with Crippen LogP contribution in [0.4, 0.5) is 0 Å². The van der Waals surface area contributed by atoms with Crippen LogP contribution in [-0.4, -0.2) is 23.0 Å². The highest BCUT2D eigenvalue weighted by atomic mass is 16.4. The highest BCUT2D eigenvalue weighted by Gasteiger charge is 2.22. The second-order valence-electron chi connectivity index (χ2n) is 2.93. The molecule has 0 saturated heterocycles. The predicted octanol–water partition coefficient (Wildman–Crippen LogP) is 0.755.